The van der Waals surface area contributed by atoms with Crippen LogP contribution in [0.2, 0.25) is 0 Å². The molecule has 0 saturated carbocycles. The molecule has 0 aliphatic carbocycles. The van der Waals surface area contributed by atoms with Gasteiger partial charge < -0.3 is 4.57 Å². The average Bonchev–Trinajstić information content (AvgIpc) is 2.50. The third-order valence-electron chi connectivity index (χ3n) is 1.61. The Labute approximate surface area is 87.9 Å². The molecule has 0 aliphatic rings. The second kappa shape index (κ2) is 4.18. The summed E-state index contributed by atoms with van der Waals surface area (Å²) in [4.78, 5) is 13.7. The van der Waals surface area contributed by atoms with Gasteiger partial charge in [-0.15, -0.1) is 11.3 Å². The Hall–Kier alpha value is -1.11. The van der Waals surface area contributed by atoms with Crippen molar-refractivity contribution in [3.8, 4) is 0 Å². The van der Waals surface area contributed by atoms with E-state index >= 15 is 0 Å². The summed E-state index contributed by atoms with van der Waals surface area (Å²) in [6.07, 6.45) is -3.31. The van der Waals surface area contributed by atoms with Gasteiger partial charge in [-0.25, -0.2) is 0 Å². The molecule has 0 aromatic carbocycles. The zero-order valence-corrected chi connectivity index (χ0v) is 8.89. The van der Waals surface area contributed by atoms with E-state index in [1.165, 1.54) is 4.57 Å². The Morgan fingerprint density at radius 1 is 1.53 bits per heavy atom. The Morgan fingerprint density at radius 3 is 2.60 bits per heavy atom. The number of thiazole rings is 1. The van der Waals surface area contributed by atoms with E-state index < -0.39 is 12.1 Å². The number of carbonyl (C=O) groups is 1. The molecule has 1 aromatic heterocycles. The number of aromatic nitrogens is 1. The van der Waals surface area contributed by atoms with Gasteiger partial charge in [0.05, 0.1) is 0 Å². The maximum atomic E-state index is 11.9. The van der Waals surface area contributed by atoms with Gasteiger partial charge in [0, 0.05) is 17.6 Å². The first-order chi connectivity index (χ1) is 6.82. The van der Waals surface area contributed by atoms with Crippen LogP contribution in [0.25, 0.3) is 0 Å². The topological polar surface area (TPSA) is 34.4 Å². The summed E-state index contributed by atoms with van der Waals surface area (Å²) in [5.74, 6) is -2.07. The molecule has 0 radical (unpaired) electrons. The molecule has 0 bridgehead atoms. The van der Waals surface area contributed by atoms with E-state index in [2.05, 4.69) is 4.99 Å². The lowest BCUT2D eigenvalue weighted by atomic mass is 10.4. The van der Waals surface area contributed by atoms with Crippen LogP contribution in [0.4, 0.5) is 13.2 Å². The summed E-state index contributed by atoms with van der Waals surface area (Å²) >= 11 is 0.998. The Balaban J connectivity index is 3.11. The summed E-state index contributed by atoms with van der Waals surface area (Å²) in [6.45, 7) is 3.59. The molecule has 1 aromatic rings. The fraction of sp³-hybridized carbons (Fsp3) is 0.500. The van der Waals surface area contributed by atoms with Crippen LogP contribution in [0, 0.1) is 0 Å². The molecule has 7 heteroatoms. The predicted molar refractivity (Wildman–Crippen MR) is 49.3 cm³/mol. The summed E-state index contributed by atoms with van der Waals surface area (Å²) < 4.78 is 37.3. The molecule has 0 atom stereocenters. The minimum atomic E-state index is -4.90. The second-order valence-corrected chi connectivity index (χ2v) is 3.97. The van der Waals surface area contributed by atoms with Crippen LogP contribution >= 0.6 is 11.3 Å². The van der Waals surface area contributed by atoms with Crippen molar-refractivity contribution in [2.75, 3.05) is 0 Å². The highest BCUT2D eigenvalue weighted by atomic mass is 32.1. The van der Waals surface area contributed by atoms with E-state index in [1.807, 2.05) is 0 Å². The van der Waals surface area contributed by atoms with Crippen molar-refractivity contribution >= 4 is 17.2 Å². The molecule has 0 N–H and O–H groups in total. The predicted octanol–water partition coefficient (Wildman–Crippen LogP) is 2.12. The van der Waals surface area contributed by atoms with Crippen molar-refractivity contribution in [3.05, 3.63) is 16.4 Å². The number of rotatable bonds is 1. The molecular weight excluding hydrogens is 229 g/mol. The first kappa shape index (κ1) is 12.0. The molecule has 15 heavy (non-hydrogen) atoms. The van der Waals surface area contributed by atoms with Gasteiger partial charge in [0.25, 0.3) is 0 Å². The standard InChI is InChI=1S/C8H9F3N2OS/c1-5(2)13-3-4-15-7(13)12-6(14)8(9,10)11/h3-5H,1-2H3. The third kappa shape index (κ3) is 2.92. The number of alkyl halides is 3. The van der Waals surface area contributed by atoms with Crippen LogP contribution < -0.4 is 4.80 Å². The zero-order chi connectivity index (χ0) is 11.6. The van der Waals surface area contributed by atoms with Gasteiger partial charge in [-0.2, -0.15) is 18.2 Å². The highest BCUT2D eigenvalue weighted by Crippen LogP contribution is 2.16. The molecule has 0 aliphatic heterocycles. The van der Waals surface area contributed by atoms with Crippen LogP contribution in [0.5, 0.6) is 0 Å². The van der Waals surface area contributed by atoms with Crippen LogP contribution in [-0.2, 0) is 4.79 Å². The number of amides is 1. The number of hydrogen-bond donors (Lipinski definition) is 0. The molecule has 0 spiro atoms. The van der Waals surface area contributed by atoms with Crippen LogP contribution in [0.3, 0.4) is 0 Å². The van der Waals surface area contributed by atoms with Gasteiger partial charge in [0.1, 0.15) is 0 Å². The monoisotopic (exact) mass is 238 g/mol. The number of carbonyl (C=O) groups excluding carboxylic acids is 1. The lowest BCUT2D eigenvalue weighted by Crippen LogP contribution is -2.25. The number of nitrogens with zero attached hydrogens (tertiary/aromatic N) is 2. The molecule has 84 valence electrons. The summed E-state index contributed by atoms with van der Waals surface area (Å²) in [5.41, 5.74) is 0. The molecular formula is C8H9F3N2OS. The van der Waals surface area contributed by atoms with Crippen molar-refractivity contribution < 1.29 is 18.0 Å². The van der Waals surface area contributed by atoms with Crippen LogP contribution in [0.1, 0.15) is 19.9 Å². The first-order valence-corrected chi connectivity index (χ1v) is 5.02. The van der Waals surface area contributed by atoms with Crippen LogP contribution in [-0.4, -0.2) is 16.7 Å². The maximum Gasteiger partial charge on any atom is 0.473 e. The second-order valence-electron chi connectivity index (χ2n) is 3.10. The van der Waals surface area contributed by atoms with E-state index in [-0.39, 0.29) is 10.8 Å². The Morgan fingerprint density at radius 2 is 2.13 bits per heavy atom. The lowest BCUT2D eigenvalue weighted by molar-refractivity contribution is -0.169. The van der Waals surface area contributed by atoms with Gasteiger partial charge in [0.15, 0.2) is 4.80 Å². The molecule has 1 amide bonds. The van der Waals surface area contributed by atoms with Gasteiger partial charge in [-0.1, -0.05) is 0 Å². The van der Waals surface area contributed by atoms with Gasteiger partial charge in [-0.3, -0.25) is 4.79 Å². The zero-order valence-electron chi connectivity index (χ0n) is 8.08. The average molecular weight is 238 g/mol. The van der Waals surface area contributed by atoms with Crippen molar-refractivity contribution in [1.29, 1.82) is 0 Å². The van der Waals surface area contributed by atoms with Crippen LogP contribution in [0.15, 0.2) is 16.6 Å². The largest absolute Gasteiger partial charge is 0.473 e. The number of halogens is 3. The van der Waals surface area contributed by atoms with E-state index in [0.717, 1.165) is 11.3 Å². The number of hydrogen-bond acceptors (Lipinski definition) is 2. The minimum Gasteiger partial charge on any atom is -0.321 e. The molecule has 0 fully saturated rings. The minimum absolute atomic E-state index is 0.0315. The van der Waals surface area contributed by atoms with E-state index in [9.17, 15) is 18.0 Å². The van der Waals surface area contributed by atoms with E-state index in [0.29, 0.717) is 0 Å². The normalized spacial score (nSPS) is 13.6. The lowest BCUT2D eigenvalue weighted by Gasteiger charge is -2.05. The fourth-order valence-corrected chi connectivity index (χ4v) is 1.75. The van der Waals surface area contributed by atoms with Gasteiger partial charge in [0.2, 0.25) is 0 Å². The van der Waals surface area contributed by atoms with Gasteiger partial charge >= 0.3 is 12.1 Å². The SMILES string of the molecule is CC(C)n1ccsc1=NC(=O)C(F)(F)F. The van der Waals surface area contributed by atoms with E-state index in [1.54, 1.807) is 25.4 Å². The Kier molecular flexibility index (Phi) is 3.33. The highest BCUT2D eigenvalue weighted by molar-refractivity contribution is 7.07. The molecule has 1 heterocycles. The smallest absolute Gasteiger partial charge is 0.321 e. The molecule has 0 unspecified atom stereocenters. The fourth-order valence-electron chi connectivity index (χ4n) is 0.909. The molecule has 3 nitrogen and oxygen atoms in total. The van der Waals surface area contributed by atoms with Crippen molar-refractivity contribution in [2.24, 2.45) is 4.99 Å². The third-order valence-corrected chi connectivity index (χ3v) is 2.38. The quantitative estimate of drug-likeness (QED) is 0.738. The summed E-state index contributed by atoms with van der Waals surface area (Å²) in [7, 11) is 0. The molecule has 1 rings (SSSR count). The van der Waals surface area contributed by atoms with Crippen molar-refractivity contribution in [3.63, 3.8) is 0 Å². The first-order valence-electron chi connectivity index (χ1n) is 4.14. The van der Waals surface area contributed by atoms with Crippen molar-refractivity contribution in [2.45, 2.75) is 26.1 Å². The summed E-state index contributed by atoms with van der Waals surface area (Å²) in [6, 6.07) is -0.0315. The van der Waals surface area contributed by atoms with Gasteiger partial charge in [-0.05, 0) is 13.8 Å². The Bertz CT molecular complexity index is 416. The van der Waals surface area contributed by atoms with Crippen molar-refractivity contribution in [1.82, 2.24) is 4.57 Å². The summed E-state index contributed by atoms with van der Waals surface area (Å²) in [5, 5.41) is 1.59. The maximum absolute atomic E-state index is 11.9. The van der Waals surface area contributed by atoms with E-state index in [4.69, 9.17) is 0 Å². The highest BCUT2D eigenvalue weighted by Gasteiger charge is 2.38. The molecule has 0 saturated heterocycles.